The molecule has 4 nitrogen and oxygen atoms in total. The number of hydrogen-bond donors (Lipinski definition) is 1. The van der Waals surface area contributed by atoms with Gasteiger partial charge in [-0.05, 0) is 0 Å². The summed E-state index contributed by atoms with van der Waals surface area (Å²) in [5.41, 5.74) is 0.622. The molecule has 1 N–H and O–H groups in total. The van der Waals surface area contributed by atoms with Gasteiger partial charge in [0.15, 0.2) is 0 Å². The van der Waals surface area contributed by atoms with Crippen molar-refractivity contribution in [2.45, 2.75) is 26.2 Å². The molecule has 0 radical (unpaired) electrons. The molecule has 4 heteroatoms. The minimum Gasteiger partial charge on any atom is -0.384 e. The summed E-state index contributed by atoms with van der Waals surface area (Å²) < 4.78 is 4.90. The lowest BCUT2D eigenvalue weighted by Crippen LogP contribution is -2.18. The zero-order chi connectivity index (χ0) is 10.6. The molecule has 0 aliphatic rings. The van der Waals surface area contributed by atoms with Crippen LogP contribution < -0.4 is 5.56 Å². The molecule has 0 fully saturated rings. The predicted octanol–water partition coefficient (Wildman–Crippen LogP) is 1.08. The Morgan fingerprint density at radius 2 is 2.29 bits per heavy atom. The third kappa shape index (κ3) is 2.67. The Balaban J connectivity index is 2.85. The molecule has 0 atom stereocenters. The van der Waals surface area contributed by atoms with Crippen molar-refractivity contribution in [2.24, 2.45) is 0 Å². The van der Waals surface area contributed by atoms with Gasteiger partial charge >= 0.3 is 0 Å². The molecule has 0 spiro atoms. The van der Waals surface area contributed by atoms with E-state index >= 15 is 0 Å². The number of rotatable bonds is 4. The summed E-state index contributed by atoms with van der Waals surface area (Å²) in [4.78, 5) is 18.4. The number of hydrogen-bond acceptors (Lipinski definition) is 3. The first-order valence-electron chi connectivity index (χ1n) is 4.72. The molecule has 0 saturated carbocycles. The Kier molecular flexibility index (Phi) is 3.83. The summed E-state index contributed by atoms with van der Waals surface area (Å²) in [5.74, 6) is 0.982. The van der Waals surface area contributed by atoms with Crippen molar-refractivity contribution in [3.8, 4) is 0 Å². The zero-order valence-corrected chi connectivity index (χ0v) is 8.83. The predicted molar refractivity (Wildman–Crippen MR) is 54.5 cm³/mol. The third-order valence-electron chi connectivity index (χ3n) is 2.02. The van der Waals surface area contributed by atoms with Crippen LogP contribution in [0.4, 0.5) is 0 Å². The molecule has 1 aromatic rings. The normalized spacial score (nSPS) is 10.9. The number of methoxy groups -OCH3 is 1. The molecule has 0 aromatic carbocycles. The minimum atomic E-state index is -0.0549. The Labute approximate surface area is 83.3 Å². The van der Waals surface area contributed by atoms with Gasteiger partial charge in [-0.1, -0.05) is 13.8 Å². The van der Waals surface area contributed by atoms with Crippen LogP contribution in [0, 0.1) is 0 Å². The fourth-order valence-corrected chi connectivity index (χ4v) is 1.12. The van der Waals surface area contributed by atoms with Crippen LogP contribution in [-0.4, -0.2) is 23.7 Å². The van der Waals surface area contributed by atoms with Gasteiger partial charge in [-0.25, -0.2) is 4.98 Å². The molecule has 0 aliphatic carbocycles. The first-order valence-corrected chi connectivity index (χ1v) is 4.72. The second kappa shape index (κ2) is 4.91. The second-order valence-corrected chi connectivity index (χ2v) is 3.52. The molecule has 1 rings (SSSR count). The number of nitrogens with zero attached hydrogens (tertiary/aromatic N) is 1. The van der Waals surface area contributed by atoms with Gasteiger partial charge in [0, 0.05) is 31.2 Å². The molecule has 0 unspecified atom stereocenters. The number of nitrogens with one attached hydrogen (secondary N) is 1. The highest BCUT2D eigenvalue weighted by Crippen LogP contribution is 2.05. The van der Waals surface area contributed by atoms with Gasteiger partial charge in [0.2, 0.25) is 0 Å². The summed E-state index contributed by atoms with van der Waals surface area (Å²) >= 11 is 0. The Bertz CT molecular complexity index is 344. The van der Waals surface area contributed by atoms with E-state index in [0.29, 0.717) is 18.6 Å². The van der Waals surface area contributed by atoms with Gasteiger partial charge in [0.25, 0.3) is 5.56 Å². The first-order chi connectivity index (χ1) is 6.65. The van der Waals surface area contributed by atoms with E-state index in [1.807, 2.05) is 13.8 Å². The molecule has 0 aliphatic heterocycles. The topological polar surface area (TPSA) is 55.0 Å². The van der Waals surface area contributed by atoms with E-state index < -0.39 is 0 Å². The summed E-state index contributed by atoms with van der Waals surface area (Å²) in [5, 5.41) is 0. The first kappa shape index (κ1) is 10.9. The van der Waals surface area contributed by atoms with E-state index in [9.17, 15) is 4.79 Å². The highest BCUT2D eigenvalue weighted by molar-refractivity contribution is 5.07. The molecule has 0 bridgehead atoms. The van der Waals surface area contributed by atoms with E-state index in [1.54, 1.807) is 13.3 Å². The fourth-order valence-electron chi connectivity index (χ4n) is 1.12. The van der Waals surface area contributed by atoms with Gasteiger partial charge in [-0.15, -0.1) is 0 Å². The van der Waals surface area contributed by atoms with Crippen LogP contribution in [0.5, 0.6) is 0 Å². The summed E-state index contributed by atoms with van der Waals surface area (Å²) in [6.45, 7) is 4.53. The van der Waals surface area contributed by atoms with Gasteiger partial charge < -0.3 is 9.72 Å². The van der Waals surface area contributed by atoms with Crippen molar-refractivity contribution in [1.82, 2.24) is 9.97 Å². The maximum atomic E-state index is 11.5. The monoisotopic (exact) mass is 196 g/mol. The Morgan fingerprint density at radius 3 is 2.79 bits per heavy atom. The molecule has 0 saturated heterocycles. The van der Waals surface area contributed by atoms with Crippen molar-refractivity contribution < 1.29 is 4.74 Å². The summed E-state index contributed by atoms with van der Waals surface area (Å²) in [6.07, 6.45) is 2.24. The minimum absolute atomic E-state index is 0.0549. The van der Waals surface area contributed by atoms with Crippen molar-refractivity contribution in [2.75, 3.05) is 13.7 Å². The lowest BCUT2D eigenvalue weighted by atomic mass is 10.2. The smallest absolute Gasteiger partial charge is 0.254 e. The van der Waals surface area contributed by atoms with Crippen LogP contribution in [0.25, 0.3) is 0 Å². The SMILES string of the molecule is COCCc1cnc(C(C)C)[nH]c1=O. The summed E-state index contributed by atoms with van der Waals surface area (Å²) in [7, 11) is 1.62. The van der Waals surface area contributed by atoms with Crippen LogP contribution >= 0.6 is 0 Å². The maximum Gasteiger partial charge on any atom is 0.254 e. The van der Waals surface area contributed by atoms with Crippen molar-refractivity contribution in [1.29, 1.82) is 0 Å². The van der Waals surface area contributed by atoms with Crippen LogP contribution in [-0.2, 0) is 11.2 Å². The van der Waals surface area contributed by atoms with Crippen molar-refractivity contribution in [3.63, 3.8) is 0 Å². The maximum absolute atomic E-state index is 11.5. The van der Waals surface area contributed by atoms with Crippen molar-refractivity contribution in [3.05, 3.63) is 27.9 Å². The van der Waals surface area contributed by atoms with Crippen molar-refractivity contribution >= 4 is 0 Å². The molecule has 1 aromatic heterocycles. The highest BCUT2D eigenvalue weighted by atomic mass is 16.5. The number of H-pyrrole nitrogens is 1. The van der Waals surface area contributed by atoms with Gasteiger partial charge in [-0.3, -0.25) is 4.79 Å². The molecular weight excluding hydrogens is 180 g/mol. The average molecular weight is 196 g/mol. The van der Waals surface area contributed by atoms with Crippen LogP contribution in [0.1, 0.15) is 31.2 Å². The van der Waals surface area contributed by atoms with E-state index in [0.717, 1.165) is 5.82 Å². The molecule has 0 amide bonds. The Hall–Kier alpha value is -1.16. The van der Waals surface area contributed by atoms with Crippen LogP contribution in [0.15, 0.2) is 11.0 Å². The van der Waals surface area contributed by atoms with E-state index in [1.165, 1.54) is 0 Å². The average Bonchev–Trinajstić information content (AvgIpc) is 2.15. The van der Waals surface area contributed by atoms with Gasteiger partial charge in [-0.2, -0.15) is 0 Å². The number of aromatic amines is 1. The summed E-state index contributed by atoms with van der Waals surface area (Å²) in [6, 6.07) is 0. The molecule has 78 valence electrons. The van der Waals surface area contributed by atoms with Gasteiger partial charge in [0.05, 0.1) is 6.61 Å². The Morgan fingerprint density at radius 1 is 1.57 bits per heavy atom. The van der Waals surface area contributed by atoms with Gasteiger partial charge in [0.1, 0.15) is 5.82 Å². The standard InChI is InChI=1S/C10H16N2O2/c1-7(2)9-11-6-8(4-5-14-3)10(13)12-9/h6-7H,4-5H2,1-3H3,(H,11,12,13). The third-order valence-corrected chi connectivity index (χ3v) is 2.02. The zero-order valence-electron chi connectivity index (χ0n) is 8.83. The number of aromatic nitrogens is 2. The quantitative estimate of drug-likeness (QED) is 0.784. The highest BCUT2D eigenvalue weighted by Gasteiger charge is 2.04. The van der Waals surface area contributed by atoms with Crippen LogP contribution in [0.3, 0.4) is 0 Å². The molecule has 14 heavy (non-hydrogen) atoms. The number of ether oxygens (including phenoxy) is 1. The largest absolute Gasteiger partial charge is 0.384 e. The van der Waals surface area contributed by atoms with E-state index in [2.05, 4.69) is 9.97 Å². The van der Waals surface area contributed by atoms with Crippen LogP contribution in [0.2, 0.25) is 0 Å². The molecular formula is C10H16N2O2. The second-order valence-electron chi connectivity index (χ2n) is 3.52. The van der Waals surface area contributed by atoms with E-state index in [-0.39, 0.29) is 11.5 Å². The molecule has 1 heterocycles. The van der Waals surface area contributed by atoms with E-state index in [4.69, 9.17) is 4.74 Å². The lowest BCUT2D eigenvalue weighted by Gasteiger charge is -2.04. The lowest BCUT2D eigenvalue weighted by molar-refractivity contribution is 0.202. The fraction of sp³-hybridized carbons (Fsp3) is 0.600.